The molecule has 214 valence electrons. The molecule has 0 aliphatic carbocycles. The van der Waals surface area contributed by atoms with Crippen LogP contribution < -0.4 is 9.30 Å². The van der Waals surface area contributed by atoms with E-state index in [0.29, 0.717) is 0 Å². The van der Waals surface area contributed by atoms with Gasteiger partial charge in [-0.15, -0.1) is 0 Å². The first-order chi connectivity index (χ1) is 19.8. The van der Waals surface area contributed by atoms with Gasteiger partial charge in [-0.3, -0.25) is 4.98 Å². The fraction of sp³-hybridized carbons (Fsp3) is 0.297. The highest BCUT2D eigenvalue weighted by molar-refractivity contribution is 5.82. The third kappa shape index (κ3) is 7.73. The molecule has 2 heterocycles. The maximum Gasteiger partial charge on any atom is 0.293 e. The highest BCUT2D eigenvalue weighted by atomic mass is 16.5. The summed E-state index contributed by atoms with van der Waals surface area (Å²) in [6, 6.07) is 28.7. The number of benzene rings is 3. The van der Waals surface area contributed by atoms with E-state index in [-0.39, 0.29) is 0 Å². The Morgan fingerprint density at radius 2 is 1.51 bits per heavy atom. The summed E-state index contributed by atoms with van der Waals surface area (Å²) in [6.45, 7) is 12.7. The number of rotatable bonds is 7. The molecule has 0 bridgehead atoms. The van der Waals surface area contributed by atoms with Crippen LogP contribution in [-0.4, -0.2) is 16.7 Å². The van der Waals surface area contributed by atoms with Crippen LogP contribution in [0.15, 0.2) is 97.7 Å². The Bertz CT molecular complexity index is 1460. The molecule has 2 aromatic heterocycles. The zero-order valence-corrected chi connectivity index (χ0v) is 25.9. The summed E-state index contributed by atoms with van der Waals surface area (Å²) in [4.78, 5) is 4.25. The second-order valence-corrected chi connectivity index (χ2v) is 10.3. The summed E-state index contributed by atoms with van der Waals surface area (Å²) >= 11 is 0. The van der Waals surface area contributed by atoms with E-state index >= 15 is 0 Å². The number of ether oxygens (including phenoxy) is 1. The van der Waals surface area contributed by atoms with Crippen molar-refractivity contribution in [2.45, 2.75) is 53.4 Å². The van der Waals surface area contributed by atoms with Gasteiger partial charge in [-0.25, -0.2) is 9.13 Å². The molecular weight excluding hydrogens is 502 g/mol. The number of pyridine rings is 1. The normalized spacial score (nSPS) is 10.3. The predicted octanol–water partition coefficient (Wildman–Crippen LogP) is 9.36. The highest BCUT2D eigenvalue weighted by Gasteiger charge is 2.27. The molecule has 0 radical (unpaired) electrons. The van der Waals surface area contributed by atoms with E-state index in [4.69, 9.17) is 4.74 Å². The number of para-hydroxylation sites is 2. The largest absolute Gasteiger partial charge is 0.495 e. The van der Waals surface area contributed by atoms with Gasteiger partial charge < -0.3 is 4.74 Å². The molecule has 4 heteroatoms. The van der Waals surface area contributed by atoms with Gasteiger partial charge in [0.2, 0.25) is 0 Å². The first-order valence-corrected chi connectivity index (χ1v) is 14.6. The lowest BCUT2D eigenvalue weighted by Gasteiger charge is -2.14. The van der Waals surface area contributed by atoms with Gasteiger partial charge in [0, 0.05) is 17.3 Å². The number of methoxy groups -OCH3 is 1. The van der Waals surface area contributed by atoms with Gasteiger partial charge in [0.15, 0.2) is 11.0 Å². The van der Waals surface area contributed by atoms with Gasteiger partial charge in [0.25, 0.3) is 5.82 Å². The summed E-state index contributed by atoms with van der Waals surface area (Å²) in [5, 5.41) is 0. The van der Waals surface area contributed by atoms with E-state index in [1.807, 2.05) is 49.5 Å². The zero-order valence-electron chi connectivity index (χ0n) is 25.9. The van der Waals surface area contributed by atoms with Gasteiger partial charge in [0.1, 0.15) is 11.3 Å². The van der Waals surface area contributed by atoms with Crippen molar-refractivity contribution < 1.29 is 9.30 Å². The minimum absolute atomic E-state index is 0.888. The average Bonchev–Trinajstić information content (AvgIpc) is 3.26. The number of unbranched alkanes of at least 4 members (excludes halogenated alkanes) is 3. The van der Waals surface area contributed by atoms with E-state index in [1.54, 1.807) is 7.11 Å². The van der Waals surface area contributed by atoms with E-state index in [1.165, 1.54) is 42.3 Å². The van der Waals surface area contributed by atoms with E-state index in [9.17, 15) is 0 Å². The van der Waals surface area contributed by atoms with Gasteiger partial charge in [-0.05, 0) is 49.2 Å². The number of nitrogens with zero attached hydrogens (tertiary/aromatic N) is 3. The first kappa shape index (κ1) is 31.3. The molecule has 0 saturated heterocycles. The Balaban J connectivity index is 0.000000213. The van der Waals surface area contributed by atoms with Crippen molar-refractivity contribution in [3.05, 3.63) is 109 Å². The zero-order chi connectivity index (χ0) is 29.8. The van der Waals surface area contributed by atoms with Crippen LogP contribution in [0.25, 0.3) is 39.3 Å². The molecule has 0 atom stereocenters. The molecule has 0 saturated carbocycles. The molecule has 0 aliphatic heterocycles. The van der Waals surface area contributed by atoms with Crippen molar-refractivity contribution in [3.63, 3.8) is 0 Å². The number of allylic oxidation sites excluding steroid dienone is 1. The average molecular weight is 549 g/mol. The lowest BCUT2D eigenvalue weighted by molar-refractivity contribution is -0.634. The molecule has 5 rings (SSSR count). The van der Waals surface area contributed by atoms with Crippen LogP contribution in [0.3, 0.4) is 0 Å². The monoisotopic (exact) mass is 548 g/mol. The molecule has 0 N–H and O–H groups in total. The van der Waals surface area contributed by atoms with Crippen molar-refractivity contribution in [2.24, 2.45) is 14.1 Å². The summed E-state index contributed by atoms with van der Waals surface area (Å²) < 4.78 is 10.2. The first-order valence-electron chi connectivity index (χ1n) is 14.6. The Morgan fingerprint density at radius 3 is 2.07 bits per heavy atom. The van der Waals surface area contributed by atoms with Gasteiger partial charge in [0.05, 0.1) is 26.9 Å². The van der Waals surface area contributed by atoms with Crippen LogP contribution in [0.4, 0.5) is 0 Å². The highest BCUT2D eigenvalue weighted by Crippen LogP contribution is 2.38. The van der Waals surface area contributed by atoms with Gasteiger partial charge in [-0.2, -0.15) is 0 Å². The predicted molar refractivity (Wildman–Crippen MR) is 175 cm³/mol. The van der Waals surface area contributed by atoms with Crippen LogP contribution in [0, 0.1) is 6.92 Å². The Kier molecular flexibility index (Phi) is 11.9. The van der Waals surface area contributed by atoms with E-state index in [2.05, 4.69) is 104 Å². The second kappa shape index (κ2) is 15.6. The van der Waals surface area contributed by atoms with Crippen LogP contribution >= 0.6 is 0 Å². The quantitative estimate of drug-likeness (QED) is 0.150. The number of fused-ring (bicyclic) bond motifs is 1. The minimum atomic E-state index is 0.888. The summed E-state index contributed by atoms with van der Waals surface area (Å²) in [5.41, 5.74) is 8.96. The number of hydrogen-bond acceptors (Lipinski definition) is 2. The SMILES string of the molecule is C=C(C)c1ccc(C)c(-c2n(C)c3ccccc3[n+]2C)c1OC.CCCCCC.c1ccc(-c2ccccn2)cc1. The lowest BCUT2D eigenvalue weighted by Crippen LogP contribution is -2.30. The topological polar surface area (TPSA) is 30.9 Å². The summed E-state index contributed by atoms with van der Waals surface area (Å²) in [6.07, 6.45) is 7.34. The molecule has 3 aromatic carbocycles. The van der Waals surface area contributed by atoms with Gasteiger partial charge >= 0.3 is 0 Å². The summed E-state index contributed by atoms with van der Waals surface area (Å²) in [7, 11) is 5.93. The van der Waals surface area contributed by atoms with Crippen LogP contribution in [0.2, 0.25) is 0 Å². The Labute approximate surface area is 247 Å². The number of hydrogen-bond donors (Lipinski definition) is 0. The minimum Gasteiger partial charge on any atom is -0.495 e. The maximum absolute atomic E-state index is 5.79. The van der Waals surface area contributed by atoms with Crippen molar-refractivity contribution in [2.75, 3.05) is 7.11 Å². The Hall–Kier alpha value is -4.18. The van der Waals surface area contributed by atoms with E-state index in [0.717, 1.165) is 39.5 Å². The third-order valence-electron chi connectivity index (χ3n) is 7.18. The van der Waals surface area contributed by atoms with Gasteiger partial charge in [-0.1, -0.05) is 107 Å². The molecule has 0 aliphatic rings. The van der Waals surface area contributed by atoms with Crippen molar-refractivity contribution in [3.8, 4) is 28.4 Å². The molecule has 0 unspecified atom stereocenters. The molecule has 0 amide bonds. The second-order valence-electron chi connectivity index (χ2n) is 10.3. The summed E-state index contributed by atoms with van der Waals surface area (Å²) in [5.74, 6) is 2.02. The molecular formula is C37H46N3O+. The molecule has 0 spiro atoms. The van der Waals surface area contributed by atoms with Crippen LogP contribution in [0.5, 0.6) is 5.75 Å². The van der Waals surface area contributed by atoms with Crippen LogP contribution in [0.1, 0.15) is 57.6 Å². The van der Waals surface area contributed by atoms with Crippen molar-refractivity contribution in [1.29, 1.82) is 0 Å². The number of aryl methyl sites for hydroxylation is 3. The van der Waals surface area contributed by atoms with E-state index < -0.39 is 0 Å². The Morgan fingerprint density at radius 1 is 0.878 bits per heavy atom. The lowest BCUT2D eigenvalue weighted by atomic mass is 9.98. The fourth-order valence-electron chi connectivity index (χ4n) is 4.97. The molecule has 0 fully saturated rings. The van der Waals surface area contributed by atoms with Crippen LogP contribution in [-0.2, 0) is 14.1 Å². The molecule has 41 heavy (non-hydrogen) atoms. The maximum atomic E-state index is 5.79. The smallest absolute Gasteiger partial charge is 0.293 e. The third-order valence-corrected chi connectivity index (χ3v) is 7.18. The number of imidazole rings is 1. The standard InChI is InChI=1S/C20H23N2O.C11H9N.C6H14/c1-13(2)15-12-11-14(3)18(19(15)23-6)20-21(4)16-9-7-8-10-17(16)22(20)5;1-2-6-10(7-3-1)11-8-4-5-9-12-11;1-3-5-6-4-2/h7-12H,1H2,2-6H3;1-9H;3-6H2,1-2H3/q+1;;. The fourth-order valence-corrected chi connectivity index (χ4v) is 4.97. The van der Waals surface area contributed by atoms with Crippen molar-refractivity contribution in [1.82, 2.24) is 9.55 Å². The molecule has 4 nitrogen and oxygen atoms in total. The number of aromatic nitrogens is 3. The molecule has 5 aromatic rings. The van der Waals surface area contributed by atoms with Crippen molar-refractivity contribution >= 4 is 16.6 Å².